The summed E-state index contributed by atoms with van der Waals surface area (Å²) in [7, 11) is 0. The molecule has 19 heavy (non-hydrogen) atoms. The summed E-state index contributed by atoms with van der Waals surface area (Å²) in [4.78, 5) is 20.1. The minimum atomic E-state index is -0.201. The number of aromatic nitrogens is 1. The molecule has 1 fully saturated rings. The Morgan fingerprint density at radius 2 is 2.11 bits per heavy atom. The van der Waals surface area contributed by atoms with Gasteiger partial charge in [0.05, 0.1) is 12.3 Å². The second-order valence-corrected chi connectivity index (χ2v) is 4.65. The van der Waals surface area contributed by atoms with Crippen molar-refractivity contribution in [2.75, 3.05) is 32.8 Å². The topological polar surface area (TPSA) is 45.7 Å². The summed E-state index contributed by atoms with van der Waals surface area (Å²) in [6.07, 6.45) is 1.62. The molecule has 0 aromatic carbocycles. The molecule has 1 saturated heterocycles. The summed E-state index contributed by atoms with van der Waals surface area (Å²) in [5.41, 5.74) is 1.08. The van der Waals surface area contributed by atoms with E-state index in [2.05, 4.69) is 16.8 Å². The van der Waals surface area contributed by atoms with Gasteiger partial charge in [0.25, 0.3) is 0 Å². The summed E-state index contributed by atoms with van der Waals surface area (Å²) >= 11 is 0. The van der Waals surface area contributed by atoms with Crippen LogP contribution in [0, 0.1) is 0 Å². The van der Waals surface area contributed by atoms with Crippen LogP contribution < -0.4 is 0 Å². The van der Waals surface area contributed by atoms with Crippen LogP contribution in [0.3, 0.4) is 0 Å². The lowest BCUT2D eigenvalue weighted by molar-refractivity contribution is 0.0680. The highest BCUT2D eigenvalue weighted by atomic mass is 16.6. The lowest BCUT2D eigenvalue weighted by Gasteiger charge is -2.37. The minimum absolute atomic E-state index is 0.201. The van der Waals surface area contributed by atoms with Crippen molar-refractivity contribution in [3.8, 4) is 0 Å². The summed E-state index contributed by atoms with van der Waals surface area (Å²) in [5.74, 6) is 0. The van der Waals surface area contributed by atoms with E-state index in [4.69, 9.17) is 4.74 Å². The van der Waals surface area contributed by atoms with Gasteiger partial charge < -0.3 is 9.64 Å². The summed E-state index contributed by atoms with van der Waals surface area (Å²) in [5, 5.41) is 0. The molecule has 1 aliphatic heterocycles. The number of nitrogens with zero attached hydrogens (tertiary/aromatic N) is 3. The van der Waals surface area contributed by atoms with Crippen LogP contribution in [0.1, 0.15) is 25.6 Å². The van der Waals surface area contributed by atoms with Gasteiger partial charge in [0.2, 0.25) is 0 Å². The quantitative estimate of drug-likeness (QED) is 0.836. The predicted octanol–water partition coefficient (Wildman–Crippen LogP) is 1.92. The van der Waals surface area contributed by atoms with E-state index >= 15 is 0 Å². The normalized spacial score (nSPS) is 18.1. The third-order valence-corrected chi connectivity index (χ3v) is 3.50. The predicted molar refractivity (Wildman–Crippen MR) is 72.8 cm³/mol. The van der Waals surface area contributed by atoms with Gasteiger partial charge in [-0.3, -0.25) is 9.88 Å². The first-order valence-electron chi connectivity index (χ1n) is 6.79. The highest BCUT2D eigenvalue weighted by Gasteiger charge is 2.25. The van der Waals surface area contributed by atoms with Crippen LogP contribution in [0.4, 0.5) is 4.79 Å². The number of carbonyl (C=O) groups is 1. The minimum Gasteiger partial charge on any atom is -0.450 e. The van der Waals surface area contributed by atoms with Crippen molar-refractivity contribution in [2.45, 2.75) is 19.9 Å². The number of amides is 1. The van der Waals surface area contributed by atoms with Gasteiger partial charge in [-0.25, -0.2) is 4.79 Å². The molecule has 1 atom stereocenters. The molecule has 0 bridgehead atoms. The molecule has 0 saturated carbocycles. The Hall–Kier alpha value is -1.62. The van der Waals surface area contributed by atoms with Crippen molar-refractivity contribution in [3.63, 3.8) is 0 Å². The zero-order valence-corrected chi connectivity index (χ0v) is 11.6. The van der Waals surface area contributed by atoms with Gasteiger partial charge in [0, 0.05) is 38.4 Å². The molecule has 2 heterocycles. The van der Waals surface area contributed by atoms with E-state index in [0.717, 1.165) is 31.9 Å². The van der Waals surface area contributed by atoms with Gasteiger partial charge >= 0.3 is 6.09 Å². The first-order chi connectivity index (χ1) is 9.22. The maximum atomic E-state index is 11.6. The van der Waals surface area contributed by atoms with Crippen molar-refractivity contribution in [2.24, 2.45) is 0 Å². The molecule has 1 aliphatic rings. The van der Waals surface area contributed by atoms with Gasteiger partial charge in [-0.15, -0.1) is 0 Å². The van der Waals surface area contributed by atoms with Crippen molar-refractivity contribution < 1.29 is 9.53 Å². The largest absolute Gasteiger partial charge is 0.450 e. The molecule has 5 nitrogen and oxygen atoms in total. The molecule has 5 heteroatoms. The summed E-state index contributed by atoms with van der Waals surface area (Å²) in [6, 6.07) is 6.26. The van der Waals surface area contributed by atoms with E-state index in [-0.39, 0.29) is 12.1 Å². The molecule has 0 unspecified atom stereocenters. The summed E-state index contributed by atoms with van der Waals surface area (Å²) < 4.78 is 5.02. The van der Waals surface area contributed by atoms with Crippen molar-refractivity contribution in [3.05, 3.63) is 30.1 Å². The number of ether oxygens (including phenoxy) is 1. The Morgan fingerprint density at radius 3 is 2.68 bits per heavy atom. The van der Waals surface area contributed by atoms with Crippen LogP contribution in [0.25, 0.3) is 0 Å². The Kier molecular flexibility index (Phi) is 4.74. The Balaban J connectivity index is 1.88. The van der Waals surface area contributed by atoms with Crippen LogP contribution in [-0.2, 0) is 4.74 Å². The van der Waals surface area contributed by atoms with E-state index in [1.54, 1.807) is 4.90 Å². The second-order valence-electron chi connectivity index (χ2n) is 4.65. The van der Waals surface area contributed by atoms with E-state index in [1.165, 1.54) is 0 Å². The molecule has 2 rings (SSSR count). The zero-order chi connectivity index (χ0) is 13.7. The highest BCUT2D eigenvalue weighted by Crippen LogP contribution is 2.19. The fourth-order valence-corrected chi connectivity index (χ4v) is 2.32. The van der Waals surface area contributed by atoms with Crippen molar-refractivity contribution in [1.82, 2.24) is 14.8 Å². The number of rotatable bonds is 3. The Bertz CT molecular complexity index is 402. The van der Waals surface area contributed by atoms with E-state index < -0.39 is 0 Å². The van der Waals surface area contributed by atoms with Crippen LogP contribution in [0.2, 0.25) is 0 Å². The number of piperazine rings is 1. The molecule has 1 aromatic rings. The van der Waals surface area contributed by atoms with Gasteiger partial charge in [-0.2, -0.15) is 0 Å². The molecule has 1 amide bonds. The summed E-state index contributed by atoms with van der Waals surface area (Å²) in [6.45, 7) is 7.57. The fourth-order valence-electron chi connectivity index (χ4n) is 2.32. The maximum Gasteiger partial charge on any atom is 0.409 e. The molecular formula is C14H21N3O2. The highest BCUT2D eigenvalue weighted by molar-refractivity contribution is 5.67. The lowest BCUT2D eigenvalue weighted by atomic mass is 10.1. The standard InChI is InChI=1S/C14H21N3O2/c1-3-19-14(18)17-10-8-16(9-11-17)12(2)13-6-4-5-7-15-13/h4-7,12H,3,8-11H2,1-2H3/t12-/m1/s1. The van der Waals surface area contributed by atoms with Gasteiger partial charge in [-0.1, -0.05) is 6.07 Å². The monoisotopic (exact) mass is 263 g/mol. The number of hydrogen-bond donors (Lipinski definition) is 0. The average Bonchev–Trinajstić information content (AvgIpc) is 2.48. The lowest BCUT2D eigenvalue weighted by Crippen LogP contribution is -2.49. The molecule has 0 N–H and O–H groups in total. The molecule has 0 radical (unpaired) electrons. The maximum absolute atomic E-state index is 11.6. The molecule has 1 aromatic heterocycles. The number of pyridine rings is 1. The van der Waals surface area contributed by atoms with Gasteiger partial charge in [-0.05, 0) is 26.0 Å². The molecule has 104 valence electrons. The first kappa shape index (κ1) is 13.8. The average molecular weight is 263 g/mol. The van der Waals surface area contributed by atoms with Crippen LogP contribution in [-0.4, -0.2) is 53.7 Å². The molecular weight excluding hydrogens is 242 g/mol. The van der Waals surface area contributed by atoms with Crippen LogP contribution in [0.5, 0.6) is 0 Å². The number of hydrogen-bond acceptors (Lipinski definition) is 4. The smallest absolute Gasteiger partial charge is 0.409 e. The zero-order valence-electron chi connectivity index (χ0n) is 11.6. The van der Waals surface area contributed by atoms with E-state index in [1.807, 2.05) is 31.3 Å². The van der Waals surface area contributed by atoms with E-state index in [0.29, 0.717) is 6.61 Å². The second kappa shape index (κ2) is 6.52. The first-order valence-corrected chi connectivity index (χ1v) is 6.79. The van der Waals surface area contributed by atoms with Crippen LogP contribution >= 0.6 is 0 Å². The van der Waals surface area contributed by atoms with Crippen molar-refractivity contribution >= 4 is 6.09 Å². The number of carbonyl (C=O) groups excluding carboxylic acids is 1. The third-order valence-electron chi connectivity index (χ3n) is 3.50. The van der Waals surface area contributed by atoms with E-state index in [9.17, 15) is 4.79 Å². The van der Waals surface area contributed by atoms with Gasteiger partial charge in [0.1, 0.15) is 0 Å². The SMILES string of the molecule is CCOC(=O)N1CCN([C@H](C)c2ccccn2)CC1. The van der Waals surface area contributed by atoms with Gasteiger partial charge in [0.15, 0.2) is 0 Å². The molecule has 0 spiro atoms. The Morgan fingerprint density at radius 1 is 1.37 bits per heavy atom. The van der Waals surface area contributed by atoms with Crippen molar-refractivity contribution in [1.29, 1.82) is 0 Å². The van der Waals surface area contributed by atoms with Crippen LogP contribution in [0.15, 0.2) is 24.4 Å². The Labute approximate surface area is 114 Å². The molecule has 0 aliphatic carbocycles. The third kappa shape index (κ3) is 3.44. The fraction of sp³-hybridized carbons (Fsp3) is 0.571.